The van der Waals surface area contributed by atoms with Crippen LogP contribution in [0.15, 0.2) is 91.0 Å². The van der Waals surface area contributed by atoms with Gasteiger partial charge < -0.3 is 9.88 Å². The maximum Gasteiger partial charge on any atom is 0.160 e. The average molecular weight is 491 g/mol. The van der Waals surface area contributed by atoms with E-state index in [0.717, 1.165) is 0 Å². The topological polar surface area (TPSA) is 15.3 Å². The van der Waals surface area contributed by atoms with Crippen LogP contribution >= 0.6 is 0 Å². The molecule has 1 unspecified atom stereocenters. The molecule has 0 spiro atoms. The van der Waals surface area contributed by atoms with E-state index in [0.29, 0.717) is 17.4 Å². The molecule has 184 valence electrons. The Morgan fingerprint density at radius 3 is 2.03 bits per heavy atom. The number of para-hydroxylation sites is 4. The van der Waals surface area contributed by atoms with Crippen molar-refractivity contribution in [1.29, 1.82) is 0 Å². The fourth-order valence-corrected chi connectivity index (χ4v) is 11.1. The van der Waals surface area contributed by atoms with Crippen LogP contribution in [0.2, 0.25) is 18.6 Å². The quantitative estimate of drug-likeness (QED) is 0.368. The van der Waals surface area contributed by atoms with Gasteiger partial charge in [-0.15, -0.1) is 0 Å². The zero-order chi connectivity index (χ0) is 25.1. The lowest BCUT2D eigenvalue weighted by molar-refractivity contribution is 0.558. The first-order chi connectivity index (χ1) is 17.2. The molecule has 3 aliphatic rings. The Bertz CT molecular complexity index is 1300. The van der Waals surface area contributed by atoms with Crippen LogP contribution in [0, 0.1) is 11.8 Å². The maximum absolute atomic E-state index is 3.69. The van der Waals surface area contributed by atoms with Crippen molar-refractivity contribution in [2.24, 2.45) is 11.8 Å². The monoisotopic (exact) mass is 490 g/mol. The van der Waals surface area contributed by atoms with Gasteiger partial charge in [0, 0.05) is 0 Å². The average Bonchev–Trinajstić information content (AvgIpc) is 3.32. The third-order valence-corrected chi connectivity index (χ3v) is 13.0. The molecule has 2 aliphatic carbocycles. The van der Waals surface area contributed by atoms with E-state index in [4.69, 9.17) is 0 Å². The fourth-order valence-electron chi connectivity index (χ4n) is 6.97. The molecule has 36 heavy (non-hydrogen) atoms. The van der Waals surface area contributed by atoms with Crippen molar-refractivity contribution < 1.29 is 0 Å². The Hall–Kier alpha value is -3.04. The Morgan fingerprint density at radius 2 is 1.42 bits per heavy atom. The van der Waals surface area contributed by atoms with Crippen LogP contribution in [0.4, 0.5) is 22.7 Å². The van der Waals surface area contributed by atoms with Gasteiger partial charge in [0.25, 0.3) is 0 Å². The summed E-state index contributed by atoms with van der Waals surface area (Å²) in [6, 6.07) is 27.1. The van der Waals surface area contributed by atoms with Gasteiger partial charge in [0.1, 0.15) is 0 Å². The first-order valence-electron chi connectivity index (χ1n) is 13.5. The molecule has 0 aromatic heterocycles. The Labute approximate surface area is 217 Å². The molecule has 3 heteroatoms. The number of nitrogens with zero attached hydrogens (tertiary/aromatic N) is 1. The number of rotatable bonds is 3. The second-order valence-corrected chi connectivity index (χ2v) is 16.8. The Balaban J connectivity index is 1.34. The number of anilines is 4. The van der Waals surface area contributed by atoms with Crippen LogP contribution in [-0.4, -0.2) is 8.24 Å². The summed E-state index contributed by atoms with van der Waals surface area (Å²) in [6.07, 6.45) is 9.84. The van der Waals surface area contributed by atoms with Gasteiger partial charge in [0.2, 0.25) is 0 Å². The maximum atomic E-state index is 3.69. The summed E-state index contributed by atoms with van der Waals surface area (Å²) in [4.78, 5) is 0. The number of hydrogen-bond acceptors (Lipinski definition) is 2. The summed E-state index contributed by atoms with van der Waals surface area (Å²) in [5.74, 6) is 1.21. The van der Waals surface area contributed by atoms with E-state index in [1.165, 1.54) is 52.3 Å². The van der Waals surface area contributed by atoms with Gasteiger partial charge >= 0.3 is 0 Å². The third kappa shape index (κ3) is 3.76. The van der Waals surface area contributed by atoms with Crippen molar-refractivity contribution in [3.63, 3.8) is 0 Å². The van der Waals surface area contributed by atoms with Crippen LogP contribution in [-0.2, 0) is 5.41 Å². The van der Waals surface area contributed by atoms with Crippen LogP contribution in [0.25, 0.3) is 5.57 Å². The van der Waals surface area contributed by atoms with Crippen LogP contribution in [0.3, 0.4) is 0 Å². The SMILES string of the molecule is CC(C)(C)c1ccc(C2=CC=C[C@@H]3C([Si](C)(C)N4c5ccccc5Nc5ccccc54)CC[C@H]23)cc1. The number of hydrogen-bond donors (Lipinski definition) is 1. The second-order valence-electron chi connectivity index (χ2n) is 12.4. The zero-order valence-electron chi connectivity index (χ0n) is 22.3. The molecule has 1 heterocycles. The number of benzene rings is 3. The smallest absolute Gasteiger partial charge is 0.160 e. The van der Waals surface area contributed by atoms with Crippen molar-refractivity contribution in [3.05, 3.63) is 102 Å². The highest BCUT2D eigenvalue weighted by atomic mass is 28.3. The predicted octanol–water partition coefficient (Wildman–Crippen LogP) is 9.43. The van der Waals surface area contributed by atoms with E-state index in [1.54, 1.807) is 0 Å². The molecule has 0 radical (unpaired) electrons. The highest BCUT2D eigenvalue weighted by Gasteiger charge is 2.50. The summed E-state index contributed by atoms with van der Waals surface area (Å²) in [6.45, 7) is 12.1. The van der Waals surface area contributed by atoms with Gasteiger partial charge in [0.15, 0.2) is 8.24 Å². The zero-order valence-corrected chi connectivity index (χ0v) is 23.3. The van der Waals surface area contributed by atoms with Gasteiger partial charge in [-0.2, -0.15) is 0 Å². The van der Waals surface area contributed by atoms with Gasteiger partial charge in [-0.3, -0.25) is 0 Å². The van der Waals surface area contributed by atoms with Crippen molar-refractivity contribution in [2.45, 2.75) is 57.7 Å². The van der Waals surface area contributed by atoms with Gasteiger partial charge in [0.05, 0.1) is 22.7 Å². The molecule has 3 atom stereocenters. The summed E-state index contributed by atoms with van der Waals surface area (Å²) in [5.41, 5.74) is 10.4. The Morgan fingerprint density at radius 1 is 0.806 bits per heavy atom. The predicted molar refractivity (Wildman–Crippen MR) is 158 cm³/mol. The van der Waals surface area contributed by atoms with Crippen LogP contribution in [0.5, 0.6) is 0 Å². The van der Waals surface area contributed by atoms with Gasteiger partial charge in [-0.05, 0) is 76.6 Å². The third-order valence-electron chi connectivity index (χ3n) is 8.85. The van der Waals surface area contributed by atoms with Crippen molar-refractivity contribution in [1.82, 2.24) is 0 Å². The molecule has 2 nitrogen and oxygen atoms in total. The normalized spacial score (nSPS) is 22.9. The van der Waals surface area contributed by atoms with E-state index >= 15 is 0 Å². The molecule has 0 bridgehead atoms. The second kappa shape index (κ2) is 8.52. The lowest BCUT2D eigenvalue weighted by atomic mass is 9.80. The summed E-state index contributed by atoms with van der Waals surface area (Å²) in [5, 5.41) is 3.69. The van der Waals surface area contributed by atoms with Crippen LogP contribution in [0.1, 0.15) is 44.7 Å². The minimum absolute atomic E-state index is 0.186. The lowest BCUT2D eigenvalue weighted by Crippen LogP contribution is -2.52. The molecule has 0 amide bonds. The van der Waals surface area contributed by atoms with E-state index < -0.39 is 8.24 Å². The van der Waals surface area contributed by atoms with E-state index in [1.807, 2.05) is 0 Å². The van der Waals surface area contributed by atoms with Crippen molar-refractivity contribution in [3.8, 4) is 0 Å². The molecule has 0 saturated heterocycles. The number of fused-ring (bicyclic) bond motifs is 3. The molecule has 1 aliphatic heterocycles. The van der Waals surface area contributed by atoms with E-state index in [-0.39, 0.29) is 5.41 Å². The Kier molecular flexibility index (Phi) is 5.53. The molecule has 6 rings (SSSR count). The minimum atomic E-state index is -1.93. The van der Waals surface area contributed by atoms with Crippen LogP contribution < -0.4 is 9.88 Å². The highest BCUT2D eigenvalue weighted by Crippen LogP contribution is 2.57. The first kappa shape index (κ1) is 23.4. The molecular weight excluding hydrogens is 452 g/mol. The molecule has 1 fully saturated rings. The first-order valence-corrected chi connectivity index (χ1v) is 16.5. The van der Waals surface area contributed by atoms with Crippen molar-refractivity contribution in [2.75, 3.05) is 9.88 Å². The van der Waals surface area contributed by atoms with E-state index in [2.05, 4.69) is 135 Å². The summed E-state index contributed by atoms with van der Waals surface area (Å²) < 4.78 is 2.76. The largest absolute Gasteiger partial charge is 0.366 e. The molecule has 1 N–H and O–H groups in total. The minimum Gasteiger partial charge on any atom is -0.366 e. The lowest BCUT2D eigenvalue weighted by Gasteiger charge is -2.48. The summed E-state index contributed by atoms with van der Waals surface area (Å²) in [7, 11) is -1.93. The number of nitrogens with one attached hydrogen (secondary N) is 1. The number of allylic oxidation sites excluding steroid dienone is 4. The molecule has 3 aromatic carbocycles. The standard InChI is InChI=1S/C33H38N2Si/c1-33(2,3)24-19-17-23(18-20-24)25-11-10-12-27-26(25)21-22-32(27)36(4,5)35-30-15-8-6-13-28(30)34-29-14-7-9-16-31(29)35/h6-20,26-27,32,34H,21-22H2,1-5H3/t26-,27+,32?/m1/s1. The van der Waals surface area contributed by atoms with Gasteiger partial charge in [-0.25, -0.2) is 0 Å². The molecule has 1 saturated carbocycles. The highest BCUT2D eigenvalue weighted by molar-refractivity contribution is 6.84. The fraction of sp³-hybridized carbons (Fsp3) is 0.333. The molecular formula is C33H38N2Si. The van der Waals surface area contributed by atoms with Crippen molar-refractivity contribution >= 4 is 36.6 Å². The van der Waals surface area contributed by atoms with E-state index in [9.17, 15) is 0 Å². The molecule has 3 aromatic rings. The van der Waals surface area contributed by atoms with Gasteiger partial charge in [-0.1, -0.05) is 101 Å². The summed E-state index contributed by atoms with van der Waals surface area (Å²) >= 11 is 0.